The summed E-state index contributed by atoms with van der Waals surface area (Å²) in [4.78, 5) is 73.0. The highest BCUT2D eigenvalue weighted by Crippen LogP contribution is 2.45. The van der Waals surface area contributed by atoms with Gasteiger partial charge in [0, 0.05) is 19.3 Å². The zero-order valence-electron chi connectivity index (χ0n) is 68.0. The van der Waals surface area contributed by atoms with Crippen molar-refractivity contribution in [1.82, 2.24) is 0 Å². The molecule has 0 bridgehead atoms. The fourth-order valence-electron chi connectivity index (χ4n) is 9.25. The lowest BCUT2D eigenvalue weighted by atomic mass is 10.1. The fraction of sp³-hybridized carbons (Fsp3) is 0.484. The van der Waals surface area contributed by atoms with Crippen molar-refractivity contribution in [2.24, 2.45) is 0 Å². The van der Waals surface area contributed by atoms with Crippen LogP contribution in [0.4, 0.5) is 0 Å². The van der Waals surface area contributed by atoms with E-state index in [-0.39, 0.29) is 25.7 Å². The molecular weight excluding hydrogens is 1450 g/mol. The largest absolute Gasteiger partial charge is 0.472 e. The minimum atomic E-state index is -5.04. The Kier molecular flexibility index (Phi) is 75.8. The Labute approximate surface area is 674 Å². The average Bonchev–Trinajstić information content (AvgIpc) is 0.898. The third-order valence-corrected chi connectivity index (χ3v) is 17.1. The molecule has 0 amide bonds. The average molecular weight is 1590 g/mol. The van der Waals surface area contributed by atoms with Gasteiger partial charge in [0.25, 0.3) is 0 Å². The van der Waals surface area contributed by atoms with E-state index in [1.165, 1.54) is 0 Å². The molecule has 112 heavy (non-hydrogen) atoms. The third-order valence-electron chi connectivity index (χ3n) is 15.2. The summed E-state index contributed by atoms with van der Waals surface area (Å²) in [6.45, 7) is 4.02. The number of rotatable bonds is 72. The minimum Gasteiger partial charge on any atom is -0.462 e. The number of unbranched alkanes of at least 4 members (excludes halogenated alkanes) is 3. The van der Waals surface area contributed by atoms with Gasteiger partial charge >= 0.3 is 39.5 Å². The topological polar surface area (TPSA) is 237 Å². The van der Waals surface area contributed by atoms with Crippen molar-refractivity contribution in [2.75, 3.05) is 39.6 Å². The van der Waals surface area contributed by atoms with Crippen LogP contribution in [0.2, 0.25) is 0 Å². The fourth-order valence-corrected chi connectivity index (χ4v) is 10.8. The predicted molar refractivity (Wildman–Crippen MR) is 463 cm³/mol. The van der Waals surface area contributed by atoms with Crippen LogP contribution in [-0.2, 0) is 65.4 Å². The molecule has 0 aliphatic heterocycles. The molecule has 0 aromatic carbocycles. The number of hydrogen-bond acceptors (Lipinski definition) is 15. The van der Waals surface area contributed by atoms with E-state index in [4.69, 9.17) is 37.0 Å². The molecule has 5 unspecified atom stereocenters. The van der Waals surface area contributed by atoms with Gasteiger partial charge in [-0.05, 0) is 173 Å². The van der Waals surface area contributed by atoms with Gasteiger partial charge in [-0.15, -0.1) is 0 Å². The van der Waals surface area contributed by atoms with E-state index < -0.39 is 97.5 Å². The van der Waals surface area contributed by atoms with Crippen LogP contribution in [-0.4, -0.2) is 96.7 Å². The van der Waals surface area contributed by atoms with Crippen LogP contribution >= 0.6 is 15.6 Å². The number of aliphatic hydroxyl groups excluding tert-OH is 1. The molecule has 622 valence electrons. The van der Waals surface area contributed by atoms with Crippen molar-refractivity contribution in [2.45, 2.75) is 251 Å². The van der Waals surface area contributed by atoms with Crippen molar-refractivity contribution in [3.05, 3.63) is 267 Å². The Morgan fingerprint density at radius 3 is 0.786 bits per heavy atom. The molecule has 0 rings (SSSR count). The van der Waals surface area contributed by atoms with Gasteiger partial charge in [-0.25, -0.2) is 9.13 Å². The van der Waals surface area contributed by atoms with Crippen LogP contribution in [0.1, 0.15) is 233 Å². The van der Waals surface area contributed by atoms with E-state index in [0.717, 1.165) is 141 Å². The first-order chi connectivity index (χ1) is 54.7. The van der Waals surface area contributed by atoms with Crippen molar-refractivity contribution in [1.29, 1.82) is 0 Å². The summed E-state index contributed by atoms with van der Waals surface area (Å²) < 4.78 is 68.3. The molecule has 3 N–H and O–H groups in total. The first-order valence-electron chi connectivity index (χ1n) is 40.6. The Morgan fingerprint density at radius 2 is 0.491 bits per heavy atom. The molecule has 17 nitrogen and oxygen atoms in total. The van der Waals surface area contributed by atoms with Crippen LogP contribution in [0.3, 0.4) is 0 Å². The highest BCUT2D eigenvalue weighted by molar-refractivity contribution is 7.47. The van der Waals surface area contributed by atoms with Gasteiger partial charge in [-0.3, -0.25) is 37.3 Å². The second kappa shape index (κ2) is 81.4. The van der Waals surface area contributed by atoms with Gasteiger partial charge < -0.3 is 33.8 Å². The standard InChI is InChI=1S/C93H138O17P2/c1-5-9-13-17-21-25-29-33-37-40-43-46-50-53-57-61-65-69-73-77-90(95)103-83-88(109-92(97)79-75-71-67-63-59-55-49-36-32-28-24-20-16-12-8-4)85-107-111(99,100)105-81-87(94)82-106-112(101,102)108-86-89(110-93(98)80-76-72-68-64-60-56-52-48-45-42-39-35-31-27-23-19-15-11-7-3)84-104-91(96)78-74-70-66-62-58-54-51-47-44-41-38-34-30-26-22-18-14-10-6-2/h9-16,21-28,33-39,43-49,53-54,56-60,63,66,68,70-72,75,87-89,94H,5-8,17-20,29-32,40-42,50-52,55,61-62,64-65,67,69,73-74,76-86H2,1-4H3,(H,99,100)(H,101,102)/b13-9-,14-10-,15-11-,16-12-,25-21-,26-22-,27-23-,28-24-,37-33-,38-34-,39-35-,46-43-,47-44-,48-45-,49-36-,57-53-,58-54-,60-56-,63-59-,70-66-,72-68-,75-71-. The normalized spacial score (nSPS) is 15.2. The van der Waals surface area contributed by atoms with Crippen LogP contribution in [0, 0.1) is 0 Å². The highest BCUT2D eigenvalue weighted by atomic mass is 31.2. The van der Waals surface area contributed by atoms with Crippen LogP contribution < -0.4 is 0 Å². The zero-order chi connectivity index (χ0) is 81.7. The summed E-state index contributed by atoms with van der Waals surface area (Å²) in [6.07, 6.45) is 110. The van der Waals surface area contributed by atoms with Gasteiger partial charge in [0.15, 0.2) is 12.2 Å². The van der Waals surface area contributed by atoms with E-state index in [2.05, 4.69) is 234 Å². The second-order valence-electron chi connectivity index (χ2n) is 25.5. The molecule has 5 atom stereocenters. The van der Waals surface area contributed by atoms with Crippen molar-refractivity contribution in [3.63, 3.8) is 0 Å². The SMILES string of the molecule is CC/C=C\C/C=C\C/C=C\C/C=C\C/C=C\C/C=C\CCC(=O)OCC(COP(=O)(O)OCC(O)COP(=O)(O)OCC(COC(=O)CCCCC/C=C\C/C=C\C/C=C\C/C=C\C/C=C\CC)OC(=O)C/C=C\C/C=C\C/C=C\C/C=C\C/C=C\CC)OC(=O)CC/C=C\C/C=C\C/C=C\C/C=C\C/C=C\C/C=C\CC. The Bertz CT molecular complexity index is 3190. The maximum Gasteiger partial charge on any atom is 0.472 e. The number of hydrogen-bond donors (Lipinski definition) is 3. The van der Waals surface area contributed by atoms with Gasteiger partial charge in [0.05, 0.1) is 32.8 Å². The van der Waals surface area contributed by atoms with E-state index in [1.807, 2.05) is 48.6 Å². The second-order valence-corrected chi connectivity index (χ2v) is 28.4. The van der Waals surface area contributed by atoms with E-state index >= 15 is 0 Å². The summed E-state index contributed by atoms with van der Waals surface area (Å²) in [5.74, 6) is -2.60. The van der Waals surface area contributed by atoms with Gasteiger partial charge in [-0.2, -0.15) is 0 Å². The highest BCUT2D eigenvalue weighted by Gasteiger charge is 2.30. The Hall–Kier alpha value is -7.66. The maximum absolute atomic E-state index is 13.1. The molecule has 0 heterocycles. The number of phosphoric acid groups is 2. The molecule has 0 aliphatic rings. The van der Waals surface area contributed by atoms with Crippen molar-refractivity contribution in [3.8, 4) is 0 Å². The third kappa shape index (κ3) is 80.4. The molecule has 0 saturated heterocycles. The zero-order valence-corrected chi connectivity index (χ0v) is 69.7. The monoisotopic (exact) mass is 1590 g/mol. The summed E-state index contributed by atoms with van der Waals surface area (Å²) in [5.41, 5.74) is 0. The van der Waals surface area contributed by atoms with Gasteiger partial charge in [0.1, 0.15) is 19.3 Å². The molecule has 0 aromatic heterocycles. The first-order valence-corrected chi connectivity index (χ1v) is 43.6. The molecule has 19 heteroatoms. The molecular formula is C93H138O17P2. The number of phosphoric ester groups is 2. The van der Waals surface area contributed by atoms with Crippen LogP contribution in [0.5, 0.6) is 0 Å². The molecule has 0 saturated carbocycles. The molecule has 0 spiro atoms. The summed E-state index contributed by atoms with van der Waals surface area (Å²) >= 11 is 0. The van der Waals surface area contributed by atoms with Crippen LogP contribution in [0.25, 0.3) is 0 Å². The number of allylic oxidation sites excluding steroid dienone is 43. The molecule has 0 aliphatic carbocycles. The molecule has 0 fully saturated rings. The minimum absolute atomic E-state index is 0.00427. The summed E-state index contributed by atoms with van der Waals surface area (Å²) in [6, 6.07) is 0. The Morgan fingerprint density at radius 1 is 0.259 bits per heavy atom. The van der Waals surface area contributed by atoms with Crippen LogP contribution in [0.15, 0.2) is 267 Å². The Balaban J connectivity index is 5.65. The van der Waals surface area contributed by atoms with Crippen molar-refractivity contribution >= 4 is 39.5 Å². The summed E-state index contributed by atoms with van der Waals surface area (Å²) in [7, 11) is -10.1. The lowest BCUT2D eigenvalue weighted by Crippen LogP contribution is -2.30. The number of carbonyl (C=O) groups excluding carboxylic acids is 4. The van der Waals surface area contributed by atoms with E-state index in [0.29, 0.717) is 38.5 Å². The quantitative estimate of drug-likeness (QED) is 0.0169. The van der Waals surface area contributed by atoms with E-state index in [9.17, 15) is 43.2 Å². The number of esters is 4. The smallest absolute Gasteiger partial charge is 0.462 e. The lowest BCUT2D eigenvalue weighted by Gasteiger charge is -2.21. The number of carbonyl (C=O) groups is 4. The van der Waals surface area contributed by atoms with Gasteiger partial charge in [-0.1, -0.05) is 301 Å². The maximum atomic E-state index is 13.1. The number of aliphatic hydroxyl groups is 1. The molecule has 0 radical (unpaired) electrons. The van der Waals surface area contributed by atoms with Gasteiger partial charge in [0.2, 0.25) is 0 Å². The summed E-state index contributed by atoms with van der Waals surface area (Å²) in [5, 5.41) is 10.7. The predicted octanol–water partition coefficient (Wildman–Crippen LogP) is 24.3. The lowest BCUT2D eigenvalue weighted by molar-refractivity contribution is -0.161. The molecule has 0 aromatic rings. The number of ether oxygens (including phenoxy) is 4. The van der Waals surface area contributed by atoms with Crippen molar-refractivity contribution < 1.29 is 80.2 Å². The first kappa shape index (κ1) is 104. The van der Waals surface area contributed by atoms with E-state index in [1.54, 1.807) is 12.2 Å².